The Morgan fingerprint density at radius 2 is 2.31 bits per heavy atom. The minimum absolute atomic E-state index is 0.110. The number of rotatable bonds is 4. The molecule has 0 fully saturated rings. The van der Waals surface area contributed by atoms with E-state index in [0.717, 1.165) is 3.79 Å². The number of methoxy groups -OCH3 is 1. The van der Waals surface area contributed by atoms with Crippen LogP contribution in [0, 0.1) is 0 Å². The van der Waals surface area contributed by atoms with Crippen LogP contribution < -0.4 is 0 Å². The van der Waals surface area contributed by atoms with Gasteiger partial charge in [0.2, 0.25) is 0 Å². The Hall–Kier alpha value is 0.1000. The number of thiophene rings is 1. The van der Waals surface area contributed by atoms with E-state index in [1.165, 1.54) is 4.88 Å². The Morgan fingerprint density at radius 1 is 1.62 bits per heavy atom. The van der Waals surface area contributed by atoms with Gasteiger partial charge in [-0.2, -0.15) is 0 Å². The van der Waals surface area contributed by atoms with Crippen LogP contribution in [-0.4, -0.2) is 24.4 Å². The predicted octanol–water partition coefficient (Wildman–Crippen LogP) is 2.45. The lowest BCUT2D eigenvalue weighted by molar-refractivity contribution is 0.000790. The van der Waals surface area contributed by atoms with Crippen LogP contribution in [0.15, 0.2) is 15.9 Å². The summed E-state index contributed by atoms with van der Waals surface area (Å²) in [4.78, 5) is 1.17. The lowest BCUT2D eigenvalue weighted by atomic mass is 10.1. The normalized spacial score (nSPS) is 15.7. The number of hydrogen-bond donors (Lipinski definition) is 1. The van der Waals surface area contributed by atoms with Gasteiger partial charge in [-0.05, 0) is 35.0 Å². The second-order valence-electron chi connectivity index (χ2n) is 2.92. The lowest BCUT2D eigenvalue weighted by Crippen LogP contribution is -2.26. The minimum atomic E-state index is -0.421. The largest absolute Gasteiger partial charge is 0.390 e. The molecular weight excluding hydrogens is 252 g/mol. The molecule has 0 amide bonds. The highest BCUT2D eigenvalue weighted by Gasteiger charge is 2.14. The second kappa shape index (κ2) is 5.10. The van der Waals surface area contributed by atoms with E-state index in [9.17, 15) is 5.11 Å². The summed E-state index contributed by atoms with van der Waals surface area (Å²) in [6, 6.07) is 4.00. The molecule has 0 aliphatic heterocycles. The zero-order valence-electron chi connectivity index (χ0n) is 7.66. The molecule has 4 heteroatoms. The van der Waals surface area contributed by atoms with Crippen molar-refractivity contribution in [3.05, 3.63) is 20.8 Å². The molecule has 2 unspecified atom stereocenters. The Morgan fingerprint density at radius 3 is 2.77 bits per heavy atom. The van der Waals surface area contributed by atoms with Gasteiger partial charge in [-0.3, -0.25) is 0 Å². The van der Waals surface area contributed by atoms with Gasteiger partial charge in [-0.1, -0.05) is 0 Å². The van der Waals surface area contributed by atoms with Gasteiger partial charge < -0.3 is 9.84 Å². The number of halogens is 1. The average molecular weight is 265 g/mol. The van der Waals surface area contributed by atoms with Crippen LogP contribution in [0.5, 0.6) is 0 Å². The van der Waals surface area contributed by atoms with Crippen LogP contribution >= 0.6 is 27.3 Å². The molecule has 0 aliphatic carbocycles. The topological polar surface area (TPSA) is 29.5 Å². The molecule has 1 aromatic rings. The molecule has 0 radical (unpaired) electrons. The van der Waals surface area contributed by atoms with E-state index in [0.29, 0.717) is 6.42 Å². The monoisotopic (exact) mass is 264 g/mol. The van der Waals surface area contributed by atoms with Gasteiger partial charge in [0, 0.05) is 18.4 Å². The van der Waals surface area contributed by atoms with Crippen molar-refractivity contribution in [2.75, 3.05) is 7.11 Å². The lowest BCUT2D eigenvalue weighted by Gasteiger charge is -2.15. The van der Waals surface area contributed by atoms with Gasteiger partial charge >= 0.3 is 0 Å². The van der Waals surface area contributed by atoms with E-state index in [1.807, 2.05) is 19.1 Å². The van der Waals surface area contributed by atoms with Crippen molar-refractivity contribution >= 4 is 27.3 Å². The first-order valence-corrected chi connectivity index (χ1v) is 5.69. The molecule has 0 saturated heterocycles. The van der Waals surface area contributed by atoms with Crippen LogP contribution in [-0.2, 0) is 11.2 Å². The molecular formula is C9H13BrO2S. The van der Waals surface area contributed by atoms with Crippen molar-refractivity contribution in [1.82, 2.24) is 0 Å². The van der Waals surface area contributed by atoms with Crippen LogP contribution in [0.25, 0.3) is 0 Å². The molecule has 74 valence electrons. The molecule has 1 heterocycles. The summed E-state index contributed by atoms with van der Waals surface area (Å²) in [5.74, 6) is 0. The summed E-state index contributed by atoms with van der Waals surface area (Å²) in [5, 5.41) is 9.65. The van der Waals surface area contributed by atoms with Crippen molar-refractivity contribution in [3.8, 4) is 0 Å². The summed E-state index contributed by atoms with van der Waals surface area (Å²) in [7, 11) is 1.61. The zero-order valence-corrected chi connectivity index (χ0v) is 10.1. The highest BCUT2D eigenvalue weighted by Crippen LogP contribution is 2.23. The van der Waals surface area contributed by atoms with Crippen LogP contribution in [0.4, 0.5) is 0 Å². The summed E-state index contributed by atoms with van der Waals surface area (Å²) < 4.78 is 6.13. The summed E-state index contributed by atoms with van der Waals surface area (Å²) in [5.41, 5.74) is 0. The van der Waals surface area contributed by atoms with Crippen molar-refractivity contribution < 1.29 is 9.84 Å². The van der Waals surface area contributed by atoms with Gasteiger partial charge in [-0.25, -0.2) is 0 Å². The maximum atomic E-state index is 9.65. The Kier molecular flexibility index (Phi) is 4.38. The van der Waals surface area contributed by atoms with Crippen molar-refractivity contribution in [2.45, 2.75) is 25.6 Å². The predicted molar refractivity (Wildman–Crippen MR) is 58.2 cm³/mol. The van der Waals surface area contributed by atoms with E-state index in [4.69, 9.17) is 4.74 Å². The standard InChI is InChI=1S/C9H13BrO2S/c1-6(12-2)8(11)5-7-3-4-9(10)13-7/h3-4,6,8,11H,5H2,1-2H3. The Labute approximate surface area is 90.7 Å². The third-order valence-corrected chi connectivity index (χ3v) is 3.60. The number of aliphatic hydroxyl groups is 1. The molecule has 1 rings (SSSR count). The highest BCUT2D eigenvalue weighted by molar-refractivity contribution is 9.11. The van der Waals surface area contributed by atoms with Gasteiger partial charge in [0.15, 0.2) is 0 Å². The second-order valence-corrected chi connectivity index (χ2v) is 5.47. The van der Waals surface area contributed by atoms with E-state index in [2.05, 4.69) is 15.9 Å². The molecule has 0 spiro atoms. The van der Waals surface area contributed by atoms with Gasteiger partial charge in [0.1, 0.15) is 0 Å². The summed E-state index contributed by atoms with van der Waals surface area (Å²) >= 11 is 5.03. The molecule has 0 aromatic carbocycles. The summed E-state index contributed by atoms with van der Waals surface area (Å²) in [6.45, 7) is 1.87. The van der Waals surface area contributed by atoms with Crippen molar-refractivity contribution in [3.63, 3.8) is 0 Å². The molecule has 0 aliphatic rings. The molecule has 13 heavy (non-hydrogen) atoms. The molecule has 1 aromatic heterocycles. The molecule has 0 bridgehead atoms. The Bertz CT molecular complexity index is 262. The maximum Gasteiger partial charge on any atom is 0.0847 e. The third-order valence-electron chi connectivity index (χ3n) is 1.95. The quantitative estimate of drug-likeness (QED) is 0.906. The first kappa shape index (κ1) is 11.2. The number of aliphatic hydroxyl groups excluding tert-OH is 1. The maximum absolute atomic E-state index is 9.65. The fourth-order valence-corrected chi connectivity index (χ4v) is 2.52. The fraction of sp³-hybridized carbons (Fsp3) is 0.556. The zero-order chi connectivity index (χ0) is 9.84. The van der Waals surface area contributed by atoms with E-state index >= 15 is 0 Å². The van der Waals surface area contributed by atoms with Crippen LogP contribution in [0.2, 0.25) is 0 Å². The number of ether oxygens (including phenoxy) is 1. The number of hydrogen-bond acceptors (Lipinski definition) is 3. The first-order valence-electron chi connectivity index (χ1n) is 4.08. The van der Waals surface area contributed by atoms with Crippen molar-refractivity contribution in [1.29, 1.82) is 0 Å². The van der Waals surface area contributed by atoms with Gasteiger partial charge in [-0.15, -0.1) is 11.3 Å². The third kappa shape index (κ3) is 3.38. The van der Waals surface area contributed by atoms with Crippen LogP contribution in [0.3, 0.4) is 0 Å². The highest BCUT2D eigenvalue weighted by atomic mass is 79.9. The van der Waals surface area contributed by atoms with Gasteiger partial charge in [0.25, 0.3) is 0 Å². The van der Waals surface area contributed by atoms with E-state index in [1.54, 1.807) is 18.4 Å². The molecule has 1 N–H and O–H groups in total. The van der Waals surface area contributed by atoms with E-state index in [-0.39, 0.29) is 6.10 Å². The molecule has 0 saturated carbocycles. The summed E-state index contributed by atoms with van der Waals surface area (Å²) in [6.07, 6.45) is 0.127. The van der Waals surface area contributed by atoms with Crippen molar-refractivity contribution in [2.24, 2.45) is 0 Å². The average Bonchev–Trinajstić information content (AvgIpc) is 2.49. The SMILES string of the molecule is COC(C)C(O)Cc1ccc(Br)s1. The Balaban J connectivity index is 2.49. The minimum Gasteiger partial charge on any atom is -0.390 e. The molecule has 2 atom stereocenters. The van der Waals surface area contributed by atoms with Gasteiger partial charge in [0.05, 0.1) is 16.0 Å². The van der Waals surface area contributed by atoms with Crippen LogP contribution in [0.1, 0.15) is 11.8 Å². The van der Waals surface area contributed by atoms with E-state index < -0.39 is 6.10 Å². The first-order chi connectivity index (χ1) is 6.13. The fourth-order valence-electron chi connectivity index (χ4n) is 0.991. The molecule has 2 nitrogen and oxygen atoms in total. The smallest absolute Gasteiger partial charge is 0.0847 e.